The first-order chi connectivity index (χ1) is 8.01. The van der Waals surface area contributed by atoms with Crippen LogP contribution in [0.25, 0.3) is 0 Å². The highest BCUT2D eigenvalue weighted by Crippen LogP contribution is 2.47. The molecule has 1 heterocycles. The highest BCUT2D eigenvalue weighted by atomic mass is 19.4. The topological polar surface area (TPSA) is 12.0 Å². The lowest BCUT2D eigenvalue weighted by Crippen LogP contribution is -2.47. The van der Waals surface area contributed by atoms with Crippen LogP contribution in [0.15, 0.2) is 18.2 Å². The van der Waals surface area contributed by atoms with Gasteiger partial charge in [0.05, 0.1) is 5.56 Å². The van der Waals surface area contributed by atoms with E-state index in [1.165, 1.54) is 18.6 Å². The molecule has 4 heteroatoms. The summed E-state index contributed by atoms with van der Waals surface area (Å²) in [6, 6.07) is 4.23. The molecule has 0 amide bonds. The van der Waals surface area contributed by atoms with Crippen LogP contribution in [-0.2, 0) is 18.1 Å². The van der Waals surface area contributed by atoms with Crippen LogP contribution in [0.5, 0.6) is 0 Å². The van der Waals surface area contributed by atoms with Crippen LogP contribution in [0.3, 0.4) is 0 Å². The maximum atomic E-state index is 12.6. The van der Waals surface area contributed by atoms with Gasteiger partial charge in [0, 0.05) is 18.5 Å². The van der Waals surface area contributed by atoms with Gasteiger partial charge in [-0.3, -0.25) is 0 Å². The average Bonchev–Trinajstić information content (AvgIpc) is 2.24. The van der Waals surface area contributed by atoms with Crippen molar-refractivity contribution in [2.45, 2.75) is 37.4 Å². The van der Waals surface area contributed by atoms with E-state index >= 15 is 0 Å². The Morgan fingerprint density at radius 1 is 1.18 bits per heavy atom. The summed E-state index contributed by atoms with van der Waals surface area (Å²) in [5, 5.41) is 3.25. The molecule has 1 aliphatic carbocycles. The number of benzene rings is 1. The van der Waals surface area contributed by atoms with E-state index in [0.29, 0.717) is 6.54 Å². The summed E-state index contributed by atoms with van der Waals surface area (Å²) in [5.41, 5.74) is 1.55. The van der Waals surface area contributed by atoms with E-state index in [4.69, 9.17) is 0 Å². The lowest BCUT2D eigenvalue weighted by atomic mass is 9.62. The van der Waals surface area contributed by atoms with Crippen LogP contribution in [-0.4, -0.2) is 6.54 Å². The van der Waals surface area contributed by atoms with Gasteiger partial charge in [-0.25, -0.2) is 0 Å². The van der Waals surface area contributed by atoms with E-state index in [2.05, 4.69) is 5.32 Å². The van der Waals surface area contributed by atoms with E-state index in [-0.39, 0.29) is 5.41 Å². The second-order valence-electron chi connectivity index (χ2n) is 5.11. The van der Waals surface area contributed by atoms with Crippen LogP contribution in [0.1, 0.15) is 36.0 Å². The van der Waals surface area contributed by atoms with Gasteiger partial charge >= 0.3 is 6.18 Å². The van der Waals surface area contributed by atoms with Crippen molar-refractivity contribution in [1.29, 1.82) is 0 Å². The minimum Gasteiger partial charge on any atom is -0.312 e. The Morgan fingerprint density at radius 2 is 1.94 bits per heavy atom. The summed E-state index contributed by atoms with van der Waals surface area (Å²) >= 11 is 0. The van der Waals surface area contributed by atoms with Crippen LogP contribution in [0.2, 0.25) is 0 Å². The molecule has 1 N–H and O–H groups in total. The molecule has 92 valence electrons. The molecule has 1 saturated carbocycles. The molecule has 1 fully saturated rings. The lowest BCUT2D eigenvalue weighted by Gasteiger charge is -2.46. The maximum absolute atomic E-state index is 12.6. The monoisotopic (exact) mass is 241 g/mol. The number of rotatable bonds is 0. The van der Waals surface area contributed by atoms with Crippen LogP contribution in [0.4, 0.5) is 13.2 Å². The van der Waals surface area contributed by atoms with Crippen molar-refractivity contribution in [2.24, 2.45) is 0 Å². The van der Waals surface area contributed by atoms with Crippen molar-refractivity contribution in [3.63, 3.8) is 0 Å². The third-order valence-electron chi connectivity index (χ3n) is 4.09. The van der Waals surface area contributed by atoms with Crippen molar-refractivity contribution in [3.05, 3.63) is 34.9 Å². The first-order valence-electron chi connectivity index (χ1n) is 5.93. The summed E-state index contributed by atoms with van der Waals surface area (Å²) in [4.78, 5) is 0. The van der Waals surface area contributed by atoms with E-state index in [1.807, 2.05) is 0 Å². The molecule has 0 atom stereocenters. The minimum absolute atomic E-state index is 0.123. The molecule has 1 aliphatic heterocycles. The standard InChI is InChI=1S/C13H14F3N/c14-13(15,16)10-2-3-11-9(6-10)7-17-8-12(11)4-1-5-12/h2-3,6,17H,1,4-5,7-8H2. The predicted molar refractivity (Wildman–Crippen MR) is 58.7 cm³/mol. The maximum Gasteiger partial charge on any atom is 0.416 e. The average molecular weight is 241 g/mol. The van der Waals surface area contributed by atoms with Gasteiger partial charge in [0.25, 0.3) is 0 Å². The van der Waals surface area contributed by atoms with Gasteiger partial charge in [-0.15, -0.1) is 0 Å². The molecular weight excluding hydrogens is 227 g/mol. The molecule has 2 aliphatic rings. The van der Waals surface area contributed by atoms with Gasteiger partial charge in [-0.1, -0.05) is 12.5 Å². The summed E-state index contributed by atoms with van der Waals surface area (Å²) in [6.07, 6.45) is -0.863. The lowest BCUT2D eigenvalue weighted by molar-refractivity contribution is -0.137. The number of alkyl halides is 3. The SMILES string of the molecule is FC(F)(F)c1ccc2c(c1)CNCC21CCC1. The fourth-order valence-electron chi connectivity index (χ4n) is 3.02. The molecule has 0 unspecified atom stereocenters. The number of nitrogens with one attached hydrogen (secondary N) is 1. The van der Waals surface area contributed by atoms with E-state index in [1.54, 1.807) is 6.07 Å². The van der Waals surface area contributed by atoms with Gasteiger partial charge in [-0.05, 0) is 36.1 Å². The normalized spacial score (nSPS) is 22.1. The molecule has 1 spiro atoms. The molecule has 3 rings (SSSR count). The van der Waals surface area contributed by atoms with Crippen molar-refractivity contribution in [1.82, 2.24) is 5.32 Å². The Bertz CT molecular complexity index is 446. The molecule has 1 nitrogen and oxygen atoms in total. The van der Waals surface area contributed by atoms with Crippen LogP contribution >= 0.6 is 0 Å². The highest BCUT2D eigenvalue weighted by Gasteiger charge is 2.42. The van der Waals surface area contributed by atoms with Gasteiger partial charge in [0.1, 0.15) is 0 Å². The van der Waals surface area contributed by atoms with Crippen molar-refractivity contribution < 1.29 is 13.2 Å². The zero-order valence-electron chi connectivity index (χ0n) is 9.40. The Morgan fingerprint density at radius 3 is 2.53 bits per heavy atom. The fourth-order valence-corrected chi connectivity index (χ4v) is 3.02. The Hall–Kier alpha value is -1.03. The second-order valence-corrected chi connectivity index (χ2v) is 5.11. The number of halogens is 3. The summed E-state index contributed by atoms with van der Waals surface area (Å²) in [5.74, 6) is 0. The Labute approximate surface area is 98.0 Å². The first-order valence-corrected chi connectivity index (χ1v) is 5.93. The zero-order chi connectivity index (χ0) is 12.1. The van der Waals surface area contributed by atoms with Gasteiger partial charge in [0.2, 0.25) is 0 Å². The van der Waals surface area contributed by atoms with E-state index in [9.17, 15) is 13.2 Å². The number of fused-ring (bicyclic) bond motifs is 2. The fraction of sp³-hybridized carbons (Fsp3) is 0.538. The predicted octanol–water partition coefficient (Wildman–Crippen LogP) is 3.23. The van der Waals surface area contributed by atoms with E-state index < -0.39 is 11.7 Å². The summed E-state index contributed by atoms with van der Waals surface area (Å²) in [7, 11) is 0. The number of hydrogen-bond donors (Lipinski definition) is 1. The summed E-state index contributed by atoms with van der Waals surface area (Å²) in [6.45, 7) is 1.46. The third-order valence-corrected chi connectivity index (χ3v) is 4.09. The Balaban J connectivity index is 2.04. The molecular formula is C13H14F3N. The molecule has 0 bridgehead atoms. The second kappa shape index (κ2) is 3.48. The largest absolute Gasteiger partial charge is 0.416 e. The molecule has 0 saturated heterocycles. The molecule has 0 radical (unpaired) electrons. The van der Waals surface area contributed by atoms with Crippen molar-refractivity contribution >= 4 is 0 Å². The highest BCUT2D eigenvalue weighted by molar-refractivity contribution is 5.42. The minimum atomic E-state index is -4.24. The van der Waals surface area contributed by atoms with E-state index in [0.717, 1.165) is 30.5 Å². The zero-order valence-corrected chi connectivity index (χ0v) is 9.40. The summed E-state index contributed by atoms with van der Waals surface area (Å²) < 4.78 is 37.9. The third kappa shape index (κ3) is 1.66. The van der Waals surface area contributed by atoms with Gasteiger partial charge < -0.3 is 5.32 Å². The van der Waals surface area contributed by atoms with Crippen LogP contribution < -0.4 is 5.32 Å². The van der Waals surface area contributed by atoms with Crippen LogP contribution in [0, 0.1) is 0 Å². The molecule has 0 aromatic heterocycles. The van der Waals surface area contributed by atoms with Gasteiger partial charge in [-0.2, -0.15) is 13.2 Å². The van der Waals surface area contributed by atoms with Crippen molar-refractivity contribution in [2.75, 3.05) is 6.54 Å². The quantitative estimate of drug-likeness (QED) is 0.735. The molecule has 17 heavy (non-hydrogen) atoms. The Kier molecular flexibility index (Phi) is 2.27. The molecule has 1 aromatic rings. The molecule has 1 aromatic carbocycles. The first kappa shape index (κ1) is 11.1. The van der Waals surface area contributed by atoms with Gasteiger partial charge in [0.15, 0.2) is 0 Å². The van der Waals surface area contributed by atoms with Crippen molar-refractivity contribution in [3.8, 4) is 0 Å². The number of hydrogen-bond acceptors (Lipinski definition) is 1. The smallest absolute Gasteiger partial charge is 0.312 e.